The second kappa shape index (κ2) is 8.92. The Morgan fingerprint density at radius 1 is 1.22 bits per heavy atom. The number of guanidine groups is 1. The molecular formula is C19H31N3O. The van der Waals surface area contributed by atoms with E-state index in [9.17, 15) is 0 Å². The van der Waals surface area contributed by atoms with Crippen molar-refractivity contribution in [2.75, 3.05) is 32.8 Å². The van der Waals surface area contributed by atoms with Crippen LogP contribution in [-0.2, 0) is 10.2 Å². The van der Waals surface area contributed by atoms with E-state index < -0.39 is 0 Å². The lowest BCUT2D eigenvalue weighted by Gasteiger charge is -2.18. The number of ether oxygens (including phenoxy) is 1. The number of rotatable bonds is 9. The molecule has 128 valence electrons. The molecule has 0 amide bonds. The summed E-state index contributed by atoms with van der Waals surface area (Å²) in [5, 5.41) is 6.74. The summed E-state index contributed by atoms with van der Waals surface area (Å²) in [6, 6.07) is 8.72. The number of aryl methyl sites for hydroxylation is 1. The fraction of sp³-hybridized carbons (Fsp3) is 0.632. The minimum absolute atomic E-state index is 0.263. The SMILES string of the molecule is CCNC(=NCC1(c2ccccc2C)CC1)NCCCOCC. The molecular weight excluding hydrogens is 286 g/mol. The second-order valence-corrected chi connectivity index (χ2v) is 6.27. The van der Waals surface area contributed by atoms with Crippen LogP contribution < -0.4 is 10.6 Å². The largest absolute Gasteiger partial charge is 0.382 e. The van der Waals surface area contributed by atoms with Crippen LogP contribution in [0.3, 0.4) is 0 Å². The predicted molar refractivity (Wildman–Crippen MR) is 97.2 cm³/mol. The predicted octanol–water partition coefficient (Wildman–Crippen LogP) is 3.01. The van der Waals surface area contributed by atoms with Crippen molar-refractivity contribution in [2.45, 2.75) is 45.4 Å². The molecule has 0 spiro atoms. The van der Waals surface area contributed by atoms with Crippen LogP contribution in [0.1, 0.15) is 44.2 Å². The molecule has 1 saturated carbocycles. The van der Waals surface area contributed by atoms with Gasteiger partial charge < -0.3 is 15.4 Å². The number of nitrogens with zero attached hydrogens (tertiary/aromatic N) is 1. The van der Waals surface area contributed by atoms with Gasteiger partial charge in [-0.25, -0.2) is 0 Å². The van der Waals surface area contributed by atoms with Crippen molar-refractivity contribution in [2.24, 2.45) is 4.99 Å². The van der Waals surface area contributed by atoms with Gasteiger partial charge in [-0.15, -0.1) is 0 Å². The van der Waals surface area contributed by atoms with Crippen molar-refractivity contribution < 1.29 is 4.74 Å². The number of hydrogen-bond acceptors (Lipinski definition) is 2. The van der Waals surface area contributed by atoms with E-state index in [-0.39, 0.29) is 5.41 Å². The van der Waals surface area contributed by atoms with Crippen LogP contribution in [0.5, 0.6) is 0 Å². The van der Waals surface area contributed by atoms with Crippen molar-refractivity contribution in [3.05, 3.63) is 35.4 Å². The summed E-state index contributed by atoms with van der Waals surface area (Å²) in [6.07, 6.45) is 3.48. The summed E-state index contributed by atoms with van der Waals surface area (Å²) in [5.74, 6) is 0.920. The number of aliphatic imine (C=N–C) groups is 1. The lowest BCUT2D eigenvalue weighted by atomic mass is 9.92. The zero-order valence-electron chi connectivity index (χ0n) is 14.8. The van der Waals surface area contributed by atoms with Crippen LogP contribution in [0.15, 0.2) is 29.3 Å². The van der Waals surface area contributed by atoms with E-state index in [1.165, 1.54) is 24.0 Å². The van der Waals surface area contributed by atoms with E-state index in [4.69, 9.17) is 9.73 Å². The standard InChI is InChI=1S/C19H31N3O/c1-4-20-18(21-13-8-14-23-5-2)22-15-19(11-12-19)17-10-7-6-9-16(17)3/h6-7,9-10H,4-5,8,11-15H2,1-3H3,(H2,20,21,22). The molecule has 0 aliphatic heterocycles. The van der Waals surface area contributed by atoms with Crippen LogP contribution in [0.4, 0.5) is 0 Å². The Morgan fingerprint density at radius 3 is 2.65 bits per heavy atom. The Hall–Kier alpha value is -1.55. The van der Waals surface area contributed by atoms with Gasteiger partial charge in [0, 0.05) is 31.7 Å². The summed E-state index contributed by atoms with van der Waals surface area (Å²) in [7, 11) is 0. The fourth-order valence-corrected chi connectivity index (χ4v) is 2.93. The smallest absolute Gasteiger partial charge is 0.191 e. The first-order chi connectivity index (χ1) is 11.2. The van der Waals surface area contributed by atoms with Gasteiger partial charge in [-0.2, -0.15) is 0 Å². The Morgan fingerprint density at radius 2 is 2.00 bits per heavy atom. The normalized spacial score (nSPS) is 16.2. The Balaban J connectivity index is 1.91. The maximum Gasteiger partial charge on any atom is 0.191 e. The first kappa shape index (κ1) is 17.8. The Kier molecular flexibility index (Phi) is 6.90. The van der Waals surface area contributed by atoms with Gasteiger partial charge in [-0.3, -0.25) is 4.99 Å². The first-order valence-electron chi connectivity index (χ1n) is 8.88. The summed E-state index contributed by atoms with van der Waals surface area (Å²) < 4.78 is 5.37. The van der Waals surface area contributed by atoms with Gasteiger partial charge in [0.2, 0.25) is 0 Å². The molecule has 0 heterocycles. The molecule has 0 atom stereocenters. The zero-order chi connectivity index (χ0) is 16.5. The first-order valence-corrected chi connectivity index (χ1v) is 8.88. The third-order valence-corrected chi connectivity index (χ3v) is 4.42. The van der Waals surface area contributed by atoms with Gasteiger partial charge in [0.25, 0.3) is 0 Å². The van der Waals surface area contributed by atoms with Crippen LogP contribution in [0.25, 0.3) is 0 Å². The summed E-state index contributed by atoms with van der Waals surface area (Å²) in [6.45, 7) is 10.6. The van der Waals surface area contributed by atoms with Gasteiger partial charge in [0.15, 0.2) is 5.96 Å². The average molecular weight is 317 g/mol. The van der Waals surface area contributed by atoms with Crippen molar-refractivity contribution in [1.82, 2.24) is 10.6 Å². The minimum atomic E-state index is 0.263. The molecule has 2 rings (SSSR count). The topological polar surface area (TPSA) is 45.7 Å². The van der Waals surface area contributed by atoms with E-state index in [2.05, 4.69) is 48.7 Å². The molecule has 4 heteroatoms. The van der Waals surface area contributed by atoms with E-state index in [1.54, 1.807) is 0 Å². The van der Waals surface area contributed by atoms with Crippen molar-refractivity contribution in [3.8, 4) is 0 Å². The van der Waals surface area contributed by atoms with Crippen molar-refractivity contribution in [3.63, 3.8) is 0 Å². The average Bonchev–Trinajstić information content (AvgIpc) is 3.34. The van der Waals surface area contributed by atoms with E-state index in [0.29, 0.717) is 0 Å². The van der Waals surface area contributed by atoms with Crippen LogP contribution in [-0.4, -0.2) is 38.8 Å². The lowest BCUT2D eigenvalue weighted by molar-refractivity contribution is 0.145. The maximum absolute atomic E-state index is 5.37. The van der Waals surface area contributed by atoms with Gasteiger partial charge in [-0.05, 0) is 51.2 Å². The van der Waals surface area contributed by atoms with Gasteiger partial charge in [-0.1, -0.05) is 24.3 Å². The number of nitrogens with one attached hydrogen (secondary N) is 2. The highest BCUT2D eigenvalue weighted by molar-refractivity contribution is 5.79. The maximum atomic E-state index is 5.37. The zero-order valence-corrected chi connectivity index (χ0v) is 14.8. The van der Waals surface area contributed by atoms with Gasteiger partial charge in [0.1, 0.15) is 0 Å². The molecule has 1 aromatic rings. The van der Waals surface area contributed by atoms with Gasteiger partial charge >= 0.3 is 0 Å². The highest BCUT2D eigenvalue weighted by atomic mass is 16.5. The Bertz CT molecular complexity index is 509. The highest BCUT2D eigenvalue weighted by Gasteiger charge is 2.44. The van der Waals surface area contributed by atoms with Crippen LogP contribution >= 0.6 is 0 Å². The number of hydrogen-bond donors (Lipinski definition) is 2. The van der Waals surface area contributed by atoms with Gasteiger partial charge in [0.05, 0.1) is 6.54 Å². The molecule has 1 aliphatic rings. The molecule has 1 fully saturated rings. The minimum Gasteiger partial charge on any atom is -0.382 e. The Labute approximate surface area is 140 Å². The second-order valence-electron chi connectivity index (χ2n) is 6.27. The molecule has 2 N–H and O–H groups in total. The molecule has 0 bridgehead atoms. The summed E-state index contributed by atoms with van der Waals surface area (Å²) in [4.78, 5) is 4.84. The van der Waals surface area contributed by atoms with E-state index in [0.717, 1.165) is 45.2 Å². The van der Waals surface area contributed by atoms with E-state index in [1.807, 2.05) is 6.92 Å². The van der Waals surface area contributed by atoms with Crippen molar-refractivity contribution >= 4 is 5.96 Å². The fourth-order valence-electron chi connectivity index (χ4n) is 2.93. The third-order valence-electron chi connectivity index (χ3n) is 4.42. The van der Waals surface area contributed by atoms with Crippen LogP contribution in [0.2, 0.25) is 0 Å². The lowest BCUT2D eigenvalue weighted by Crippen LogP contribution is -2.38. The molecule has 1 aliphatic carbocycles. The van der Waals surface area contributed by atoms with E-state index >= 15 is 0 Å². The molecule has 0 aromatic heterocycles. The monoisotopic (exact) mass is 317 g/mol. The molecule has 4 nitrogen and oxygen atoms in total. The summed E-state index contributed by atoms with van der Waals surface area (Å²) in [5.41, 5.74) is 3.12. The third kappa shape index (κ3) is 5.24. The molecule has 0 radical (unpaired) electrons. The molecule has 23 heavy (non-hydrogen) atoms. The van der Waals surface area contributed by atoms with Crippen molar-refractivity contribution in [1.29, 1.82) is 0 Å². The quantitative estimate of drug-likeness (QED) is 0.418. The molecule has 0 saturated heterocycles. The molecule has 0 unspecified atom stereocenters. The molecule has 1 aromatic carbocycles. The van der Waals surface area contributed by atoms with Crippen LogP contribution in [0, 0.1) is 6.92 Å². The number of benzene rings is 1. The highest BCUT2D eigenvalue weighted by Crippen LogP contribution is 2.49. The summed E-state index contributed by atoms with van der Waals surface area (Å²) >= 11 is 0.